The predicted octanol–water partition coefficient (Wildman–Crippen LogP) is 2.10. The zero-order chi connectivity index (χ0) is 13.2. The molecule has 0 saturated heterocycles. The summed E-state index contributed by atoms with van der Waals surface area (Å²) in [6, 6.07) is 8.60. The molecular formula is C14H18N2O2. The number of hydrogen-bond donors (Lipinski definition) is 1. The van der Waals surface area contributed by atoms with Crippen LogP contribution in [-0.4, -0.2) is 25.7 Å². The largest absolute Gasteiger partial charge is 0.381 e. The maximum absolute atomic E-state index is 11.7. The summed E-state index contributed by atoms with van der Waals surface area (Å²) in [5.41, 5.74) is 1.13. The highest BCUT2D eigenvalue weighted by Crippen LogP contribution is 2.02. The monoisotopic (exact) mass is 246 g/mol. The van der Waals surface area contributed by atoms with Crippen LogP contribution in [0.1, 0.15) is 35.7 Å². The van der Waals surface area contributed by atoms with E-state index in [-0.39, 0.29) is 5.91 Å². The number of carbonyl (C=O) groups is 1. The molecule has 1 aromatic carbocycles. The van der Waals surface area contributed by atoms with Crippen molar-refractivity contribution in [2.24, 2.45) is 0 Å². The first-order valence-corrected chi connectivity index (χ1v) is 6.14. The van der Waals surface area contributed by atoms with Crippen LogP contribution in [0.15, 0.2) is 24.3 Å². The van der Waals surface area contributed by atoms with Gasteiger partial charge in [0.05, 0.1) is 11.6 Å². The highest BCUT2D eigenvalue weighted by Gasteiger charge is 2.03. The molecule has 0 aliphatic carbocycles. The number of nitriles is 1. The Hall–Kier alpha value is -1.86. The molecule has 0 fully saturated rings. The number of carbonyl (C=O) groups excluding carboxylic acids is 1. The number of rotatable bonds is 7. The Kier molecular flexibility index (Phi) is 6.52. The normalized spacial score (nSPS) is 9.78. The van der Waals surface area contributed by atoms with E-state index < -0.39 is 0 Å². The van der Waals surface area contributed by atoms with Crippen LogP contribution >= 0.6 is 0 Å². The Morgan fingerprint density at radius 1 is 1.33 bits per heavy atom. The first-order chi connectivity index (χ1) is 8.77. The Morgan fingerprint density at radius 3 is 2.67 bits per heavy atom. The molecule has 1 rings (SSSR count). The highest BCUT2D eigenvalue weighted by atomic mass is 16.5. The molecule has 4 heteroatoms. The van der Waals surface area contributed by atoms with Crippen molar-refractivity contribution in [2.75, 3.05) is 19.8 Å². The van der Waals surface area contributed by atoms with E-state index in [1.165, 1.54) is 0 Å². The molecular weight excluding hydrogens is 228 g/mol. The van der Waals surface area contributed by atoms with E-state index in [1.54, 1.807) is 24.3 Å². The molecule has 96 valence electrons. The summed E-state index contributed by atoms with van der Waals surface area (Å²) in [5, 5.41) is 11.5. The minimum Gasteiger partial charge on any atom is -0.381 e. The van der Waals surface area contributed by atoms with Crippen molar-refractivity contribution >= 4 is 5.91 Å². The topological polar surface area (TPSA) is 62.1 Å². The van der Waals surface area contributed by atoms with Gasteiger partial charge in [-0.15, -0.1) is 0 Å². The van der Waals surface area contributed by atoms with Gasteiger partial charge in [0.1, 0.15) is 0 Å². The van der Waals surface area contributed by atoms with Gasteiger partial charge in [-0.2, -0.15) is 5.26 Å². The molecule has 0 saturated carbocycles. The molecule has 0 radical (unpaired) electrons. The Balaban J connectivity index is 2.26. The lowest BCUT2D eigenvalue weighted by Crippen LogP contribution is -2.25. The van der Waals surface area contributed by atoms with E-state index in [0.717, 1.165) is 19.4 Å². The molecule has 4 nitrogen and oxygen atoms in total. The molecule has 0 unspecified atom stereocenters. The summed E-state index contributed by atoms with van der Waals surface area (Å²) in [5.74, 6) is -0.116. The van der Waals surface area contributed by atoms with E-state index in [9.17, 15) is 4.79 Å². The minimum absolute atomic E-state index is 0.116. The van der Waals surface area contributed by atoms with Gasteiger partial charge in [-0.05, 0) is 37.1 Å². The highest BCUT2D eigenvalue weighted by molar-refractivity contribution is 5.94. The summed E-state index contributed by atoms with van der Waals surface area (Å²) in [6.07, 6.45) is 1.82. The Labute approximate surface area is 108 Å². The lowest BCUT2D eigenvalue weighted by Gasteiger charge is -2.05. The molecule has 1 N–H and O–H groups in total. The quantitative estimate of drug-likeness (QED) is 0.749. The molecule has 0 bridgehead atoms. The fourth-order valence-electron chi connectivity index (χ4n) is 1.42. The van der Waals surface area contributed by atoms with E-state index in [4.69, 9.17) is 10.00 Å². The van der Waals surface area contributed by atoms with Crippen LogP contribution in [0.4, 0.5) is 0 Å². The summed E-state index contributed by atoms with van der Waals surface area (Å²) >= 11 is 0. The molecule has 0 spiro atoms. The first kappa shape index (κ1) is 14.2. The van der Waals surface area contributed by atoms with E-state index in [2.05, 4.69) is 12.2 Å². The van der Waals surface area contributed by atoms with Crippen molar-refractivity contribution in [1.29, 1.82) is 5.26 Å². The molecule has 0 atom stereocenters. The first-order valence-electron chi connectivity index (χ1n) is 6.14. The van der Waals surface area contributed by atoms with Gasteiger partial charge in [0, 0.05) is 25.3 Å². The van der Waals surface area contributed by atoms with Crippen LogP contribution in [0.2, 0.25) is 0 Å². The zero-order valence-electron chi connectivity index (χ0n) is 10.6. The second-order valence-corrected chi connectivity index (χ2v) is 3.91. The maximum atomic E-state index is 11.7. The number of ether oxygens (including phenoxy) is 1. The van der Waals surface area contributed by atoms with Crippen LogP contribution in [0.25, 0.3) is 0 Å². The van der Waals surface area contributed by atoms with Crippen molar-refractivity contribution in [3.63, 3.8) is 0 Å². The smallest absolute Gasteiger partial charge is 0.251 e. The third kappa shape index (κ3) is 4.98. The minimum atomic E-state index is -0.116. The molecule has 18 heavy (non-hydrogen) atoms. The molecule has 0 aromatic heterocycles. The second kappa shape index (κ2) is 8.26. The molecule has 0 aliphatic heterocycles. The fourth-order valence-corrected chi connectivity index (χ4v) is 1.42. The summed E-state index contributed by atoms with van der Waals surface area (Å²) in [4.78, 5) is 11.7. The van der Waals surface area contributed by atoms with E-state index in [0.29, 0.717) is 24.3 Å². The summed E-state index contributed by atoms with van der Waals surface area (Å²) in [6.45, 7) is 4.10. The third-order valence-electron chi connectivity index (χ3n) is 2.38. The predicted molar refractivity (Wildman–Crippen MR) is 69.2 cm³/mol. The SMILES string of the molecule is CCCOCCCNC(=O)c1ccc(C#N)cc1. The molecule has 1 amide bonds. The van der Waals surface area contributed by atoms with Crippen LogP contribution in [0.3, 0.4) is 0 Å². The van der Waals surface area contributed by atoms with Gasteiger partial charge < -0.3 is 10.1 Å². The Morgan fingerprint density at radius 2 is 2.06 bits per heavy atom. The van der Waals surface area contributed by atoms with E-state index >= 15 is 0 Å². The van der Waals surface area contributed by atoms with Crippen molar-refractivity contribution in [3.05, 3.63) is 35.4 Å². The number of hydrogen-bond acceptors (Lipinski definition) is 3. The number of nitrogens with zero attached hydrogens (tertiary/aromatic N) is 1. The molecule has 1 aromatic rings. The van der Waals surface area contributed by atoms with Crippen LogP contribution in [0.5, 0.6) is 0 Å². The van der Waals surface area contributed by atoms with Crippen molar-refractivity contribution in [1.82, 2.24) is 5.32 Å². The maximum Gasteiger partial charge on any atom is 0.251 e. The second-order valence-electron chi connectivity index (χ2n) is 3.91. The number of amides is 1. The molecule has 0 heterocycles. The van der Waals surface area contributed by atoms with Gasteiger partial charge in [0.2, 0.25) is 0 Å². The number of benzene rings is 1. The van der Waals surface area contributed by atoms with Gasteiger partial charge >= 0.3 is 0 Å². The van der Waals surface area contributed by atoms with Crippen molar-refractivity contribution < 1.29 is 9.53 Å². The van der Waals surface area contributed by atoms with Crippen LogP contribution in [0, 0.1) is 11.3 Å². The summed E-state index contributed by atoms with van der Waals surface area (Å²) < 4.78 is 5.31. The zero-order valence-corrected chi connectivity index (χ0v) is 10.6. The average molecular weight is 246 g/mol. The van der Waals surface area contributed by atoms with Crippen LogP contribution < -0.4 is 5.32 Å². The van der Waals surface area contributed by atoms with Gasteiger partial charge in [-0.3, -0.25) is 4.79 Å². The summed E-state index contributed by atoms with van der Waals surface area (Å²) in [7, 11) is 0. The lowest BCUT2D eigenvalue weighted by atomic mass is 10.1. The van der Waals surface area contributed by atoms with E-state index in [1.807, 2.05) is 6.07 Å². The van der Waals surface area contributed by atoms with Crippen LogP contribution in [-0.2, 0) is 4.74 Å². The third-order valence-corrected chi connectivity index (χ3v) is 2.38. The number of nitrogens with one attached hydrogen (secondary N) is 1. The Bertz CT molecular complexity index is 407. The fraction of sp³-hybridized carbons (Fsp3) is 0.429. The van der Waals surface area contributed by atoms with Crippen molar-refractivity contribution in [2.45, 2.75) is 19.8 Å². The van der Waals surface area contributed by atoms with Gasteiger partial charge in [-0.1, -0.05) is 6.92 Å². The van der Waals surface area contributed by atoms with Gasteiger partial charge in [0.25, 0.3) is 5.91 Å². The van der Waals surface area contributed by atoms with Crippen molar-refractivity contribution in [3.8, 4) is 6.07 Å². The van der Waals surface area contributed by atoms with Gasteiger partial charge in [0.15, 0.2) is 0 Å². The lowest BCUT2D eigenvalue weighted by molar-refractivity contribution is 0.0941. The van der Waals surface area contributed by atoms with Gasteiger partial charge in [-0.25, -0.2) is 0 Å². The standard InChI is InChI=1S/C14H18N2O2/c1-2-9-18-10-3-8-16-14(17)13-6-4-12(11-15)5-7-13/h4-7H,2-3,8-10H2,1H3,(H,16,17). The molecule has 0 aliphatic rings. The average Bonchev–Trinajstić information content (AvgIpc) is 2.42.